The molecule has 1 N–H and O–H groups in total. The Bertz CT molecular complexity index is 74.0. The van der Waals surface area contributed by atoms with Crippen LogP contribution in [0.25, 0.3) is 0 Å². The second-order valence-electron chi connectivity index (χ2n) is 3.28. The highest BCUT2D eigenvalue weighted by Crippen LogP contribution is 2.01. The molecule has 1 nitrogen and oxygen atoms in total. The Labute approximate surface area is 75.3 Å². The van der Waals surface area contributed by atoms with Crippen LogP contribution >= 0.6 is 11.8 Å². The highest BCUT2D eigenvalue weighted by Gasteiger charge is 1.92. The second kappa shape index (κ2) is 8.41. The third kappa shape index (κ3) is 10.3. The fraction of sp³-hybridized carbons (Fsp3) is 1.00. The van der Waals surface area contributed by atoms with Crippen LogP contribution in [0.3, 0.4) is 0 Å². The van der Waals surface area contributed by atoms with Gasteiger partial charge in [-0.15, -0.1) is 0 Å². The van der Waals surface area contributed by atoms with Crippen molar-refractivity contribution in [2.24, 2.45) is 5.92 Å². The molecule has 2 heteroatoms. The summed E-state index contributed by atoms with van der Waals surface area (Å²) in [4.78, 5) is 0. The second-order valence-corrected chi connectivity index (χ2v) is 4.26. The van der Waals surface area contributed by atoms with E-state index in [4.69, 9.17) is 0 Å². The summed E-state index contributed by atoms with van der Waals surface area (Å²) in [5.74, 6) is 2.10. The summed E-state index contributed by atoms with van der Waals surface area (Å²) in [6.07, 6.45) is 4.83. The molecule has 68 valence electrons. The first-order chi connectivity index (χ1) is 5.27. The normalized spacial score (nSPS) is 10.9. The van der Waals surface area contributed by atoms with Crippen molar-refractivity contribution in [3.05, 3.63) is 0 Å². The molecule has 0 aromatic heterocycles. The lowest BCUT2D eigenvalue weighted by Crippen LogP contribution is -2.18. The summed E-state index contributed by atoms with van der Waals surface area (Å²) < 4.78 is 0. The zero-order valence-corrected chi connectivity index (χ0v) is 8.84. The minimum absolute atomic E-state index is 0.859. The average Bonchev–Trinajstić information content (AvgIpc) is 1.96. The van der Waals surface area contributed by atoms with Gasteiger partial charge in [0.05, 0.1) is 0 Å². The van der Waals surface area contributed by atoms with Gasteiger partial charge in [-0.2, -0.15) is 11.8 Å². The number of rotatable bonds is 7. The highest BCUT2D eigenvalue weighted by atomic mass is 32.2. The average molecular weight is 175 g/mol. The van der Waals surface area contributed by atoms with Gasteiger partial charge in [0.2, 0.25) is 0 Å². The van der Waals surface area contributed by atoms with Crippen molar-refractivity contribution in [1.29, 1.82) is 0 Å². The highest BCUT2D eigenvalue weighted by molar-refractivity contribution is 7.98. The van der Waals surface area contributed by atoms with E-state index in [0.29, 0.717) is 0 Å². The standard InChI is InChI=1S/C9H21NS/c1-9(2)5-4-6-10-7-8-11-3/h9-10H,4-8H2,1-3H3. The van der Waals surface area contributed by atoms with E-state index in [2.05, 4.69) is 25.4 Å². The zero-order valence-electron chi connectivity index (χ0n) is 8.02. The predicted octanol–water partition coefficient (Wildman–Crippen LogP) is 2.38. The van der Waals surface area contributed by atoms with Gasteiger partial charge in [-0.25, -0.2) is 0 Å². The number of nitrogens with one attached hydrogen (secondary N) is 1. The fourth-order valence-electron chi connectivity index (χ4n) is 0.935. The van der Waals surface area contributed by atoms with Crippen molar-refractivity contribution >= 4 is 11.8 Å². The molecule has 0 amide bonds. The van der Waals surface area contributed by atoms with Crippen LogP contribution in [0.5, 0.6) is 0 Å². The Hall–Kier alpha value is 0.310. The lowest BCUT2D eigenvalue weighted by molar-refractivity contribution is 0.534. The Morgan fingerprint density at radius 3 is 2.55 bits per heavy atom. The molecule has 0 radical (unpaired) electrons. The van der Waals surface area contributed by atoms with Gasteiger partial charge in [0.1, 0.15) is 0 Å². The molecule has 0 aromatic carbocycles. The van der Waals surface area contributed by atoms with E-state index in [9.17, 15) is 0 Å². The zero-order chi connectivity index (χ0) is 8.53. The van der Waals surface area contributed by atoms with E-state index in [1.54, 1.807) is 0 Å². The molecule has 0 saturated heterocycles. The third-order valence-electron chi connectivity index (χ3n) is 1.62. The fourth-order valence-corrected chi connectivity index (χ4v) is 1.28. The molecule has 0 atom stereocenters. The molecule has 0 unspecified atom stereocenters. The topological polar surface area (TPSA) is 12.0 Å². The van der Waals surface area contributed by atoms with Crippen LogP contribution in [0.15, 0.2) is 0 Å². The molecule has 11 heavy (non-hydrogen) atoms. The smallest absolute Gasteiger partial charge is 0.00553 e. The van der Waals surface area contributed by atoms with E-state index >= 15 is 0 Å². The maximum Gasteiger partial charge on any atom is 0.00553 e. The maximum absolute atomic E-state index is 3.42. The van der Waals surface area contributed by atoms with E-state index in [0.717, 1.165) is 5.92 Å². The van der Waals surface area contributed by atoms with Crippen LogP contribution in [-0.2, 0) is 0 Å². The van der Waals surface area contributed by atoms with Gasteiger partial charge < -0.3 is 5.32 Å². The van der Waals surface area contributed by atoms with Crippen molar-refractivity contribution in [3.63, 3.8) is 0 Å². The van der Waals surface area contributed by atoms with Crippen LogP contribution < -0.4 is 5.32 Å². The lowest BCUT2D eigenvalue weighted by atomic mass is 10.1. The van der Waals surface area contributed by atoms with Crippen molar-refractivity contribution < 1.29 is 0 Å². The quantitative estimate of drug-likeness (QED) is 0.596. The summed E-state index contributed by atoms with van der Waals surface area (Å²) in [7, 11) is 0. The Morgan fingerprint density at radius 1 is 1.27 bits per heavy atom. The van der Waals surface area contributed by atoms with Gasteiger partial charge in [-0.1, -0.05) is 13.8 Å². The Morgan fingerprint density at radius 2 is 2.00 bits per heavy atom. The van der Waals surface area contributed by atoms with Crippen LogP contribution in [0.1, 0.15) is 26.7 Å². The molecule has 0 aliphatic heterocycles. The summed E-state index contributed by atoms with van der Waals surface area (Å²) in [5, 5.41) is 3.42. The Balaban J connectivity index is 2.80. The number of hydrogen-bond acceptors (Lipinski definition) is 2. The third-order valence-corrected chi connectivity index (χ3v) is 2.23. The molecule has 0 fully saturated rings. The number of hydrogen-bond donors (Lipinski definition) is 1. The van der Waals surface area contributed by atoms with Gasteiger partial charge in [0, 0.05) is 12.3 Å². The van der Waals surface area contributed by atoms with Gasteiger partial charge in [0.15, 0.2) is 0 Å². The summed E-state index contributed by atoms with van der Waals surface area (Å²) in [5.41, 5.74) is 0. The van der Waals surface area contributed by atoms with E-state index in [1.807, 2.05) is 11.8 Å². The molecule has 0 bridgehead atoms. The van der Waals surface area contributed by atoms with Crippen LogP contribution in [0, 0.1) is 5.92 Å². The first-order valence-electron chi connectivity index (χ1n) is 4.47. The van der Waals surface area contributed by atoms with Gasteiger partial charge in [-0.3, -0.25) is 0 Å². The SMILES string of the molecule is CSCCNCCCC(C)C. The molecule has 0 spiro atoms. The summed E-state index contributed by atoms with van der Waals surface area (Å²) in [6, 6.07) is 0. The Kier molecular flexibility index (Phi) is 8.64. The van der Waals surface area contributed by atoms with Crippen molar-refractivity contribution in [1.82, 2.24) is 5.32 Å². The minimum Gasteiger partial charge on any atom is -0.316 e. The van der Waals surface area contributed by atoms with Crippen LogP contribution in [0.4, 0.5) is 0 Å². The maximum atomic E-state index is 3.42. The molecular weight excluding hydrogens is 154 g/mol. The van der Waals surface area contributed by atoms with Crippen LogP contribution in [0.2, 0.25) is 0 Å². The predicted molar refractivity (Wildman–Crippen MR) is 55.3 cm³/mol. The first-order valence-corrected chi connectivity index (χ1v) is 5.86. The molecule has 0 aliphatic carbocycles. The lowest BCUT2D eigenvalue weighted by Gasteiger charge is -2.05. The summed E-state index contributed by atoms with van der Waals surface area (Å²) in [6.45, 7) is 6.92. The molecular formula is C9H21NS. The molecule has 0 aromatic rings. The largest absolute Gasteiger partial charge is 0.316 e. The minimum atomic E-state index is 0.859. The van der Waals surface area contributed by atoms with E-state index < -0.39 is 0 Å². The molecule has 0 aliphatic rings. The number of thioether (sulfide) groups is 1. The monoisotopic (exact) mass is 175 g/mol. The van der Waals surface area contributed by atoms with Gasteiger partial charge in [-0.05, 0) is 31.6 Å². The van der Waals surface area contributed by atoms with E-state index in [-0.39, 0.29) is 0 Å². The first kappa shape index (κ1) is 11.3. The molecule has 0 saturated carbocycles. The molecule has 0 heterocycles. The van der Waals surface area contributed by atoms with Crippen molar-refractivity contribution in [3.8, 4) is 0 Å². The van der Waals surface area contributed by atoms with E-state index in [1.165, 1.54) is 31.7 Å². The van der Waals surface area contributed by atoms with Gasteiger partial charge in [0.25, 0.3) is 0 Å². The van der Waals surface area contributed by atoms with Crippen LogP contribution in [-0.4, -0.2) is 25.1 Å². The van der Waals surface area contributed by atoms with Crippen molar-refractivity contribution in [2.45, 2.75) is 26.7 Å². The van der Waals surface area contributed by atoms with Crippen molar-refractivity contribution in [2.75, 3.05) is 25.1 Å². The van der Waals surface area contributed by atoms with Gasteiger partial charge >= 0.3 is 0 Å². The molecule has 0 rings (SSSR count). The summed E-state index contributed by atoms with van der Waals surface area (Å²) >= 11 is 1.90.